The van der Waals surface area contributed by atoms with E-state index in [9.17, 15) is 0 Å². The molecule has 1 saturated heterocycles. The molecule has 88 valence electrons. The summed E-state index contributed by atoms with van der Waals surface area (Å²) in [5.74, 6) is 0. The Morgan fingerprint density at radius 2 is 2.12 bits per heavy atom. The summed E-state index contributed by atoms with van der Waals surface area (Å²) in [4.78, 5) is 0. The molecule has 2 nitrogen and oxygen atoms in total. The molecule has 1 aliphatic rings. The lowest BCUT2D eigenvalue weighted by atomic mass is 10.0. The highest BCUT2D eigenvalue weighted by Gasteiger charge is 2.28. The maximum atomic E-state index is 6.16. The third kappa shape index (κ3) is 2.51. The van der Waals surface area contributed by atoms with Gasteiger partial charge in [-0.05, 0) is 19.9 Å². The van der Waals surface area contributed by atoms with E-state index in [1.807, 2.05) is 12.1 Å². The first-order valence-corrected chi connectivity index (χ1v) is 6.06. The van der Waals surface area contributed by atoms with Crippen molar-refractivity contribution >= 4 is 23.2 Å². The highest BCUT2D eigenvalue weighted by Crippen LogP contribution is 2.33. The summed E-state index contributed by atoms with van der Waals surface area (Å²) in [6.07, 6.45) is -0.0146. The van der Waals surface area contributed by atoms with E-state index in [2.05, 4.69) is 19.2 Å². The van der Waals surface area contributed by atoms with Crippen molar-refractivity contribution in [3.8, 4) is 0 Å². The summed E-state index contributed by atoms with van der Waals surface area (Å²) in [6.45, 7) is 5.65. The van der Waals surface area contributed by atoms with Crippen molar-refractivity contribution in [3.05, 3.63) is 33.8 Å². The maximum absolute atomic E-state index is 6.16. The molecular formula is C12H15Cl2NO. The summed E-state index contributed by atoms with van der Waals surface area (Å²) in [5, 5.41) is 4.60. The van der Waals surface area contributed by atoms with Crippen LogP contribution in [0.25, 0.3) is 0 Å². The van der Waals surface area contributed by atoms with Crippen LogP contribution in [0.15, 0.2) is 18.2 Å². The largest absolute Gasteiger partial charge is 0.370 e. The fourth-order valence-electron chi connectivity index (χ4n) is 1.76. The first-order valence-electron chi connectivity index (χ1n) is 5.30. The maximum Gasteiger partial charge on any atom is 0.0965 e. The molecule has 0 amide bonds. The predicted molar refractivity (Wildman–Crippen MR) is 67.2 cm³/mol. The van der Waals surface area contributed by atoms with Gasteiger partial charge in [-0.25, -0.2) is 0 Å². The highest BCUT2D eigenvalue weighted by molar-refractivity contribution is 6.42. The normalized spacial score (nSPS) is 24.4. The first-order chi connectivity index (χ1) is 7.49. The Balaban J connectivity index is 2.17. The molecule has 4 heteroatoms. The quantitative estimate of drug-likeness (QED) is 0.835. The van der Waals surface area contributed by atoms with E-state index in [1.54, 1.807) is 6.07 Å². The van der Waals surface area contributed by atoms with Crippen LogP contribution in [0.4, 0.5) is 0 Å². The van der Waals surface area contributed by atoms with Crippen LogP contribution in [-0.2, 0) is 4.74 Å². The van der Waals surface area contributed by atoms with Gasteiger partial charge >= 0.3 is 0 Å². The van der Waals surface area contributed by atoms with Crippen LogP contribution in [0.1, 0.15) is 25.5 Å². The molecule has 1 aromatic rings. The number of halogens is 2. The van der Waals surface area contributed by atoms with Gasteiger partial charge in [-0.15, -0.1) is 0 Å². The smallest absolute Gasteiger partial charge is 0.0965 e. The Morgan fingerprint density at radius 3 is 2.75 bits per heavy atom. The van der Waals surface area contributed by atoms with Crippen molar-refractivity contribution in [2.75, 3.05) is 13.2 Å². The van der Waals surface area contributed by atoms with E-state index in [1.165, 1.54) is 0 Å². The third-order valence-electron chi connectivity index (χ3n) is 2.74. The van der Waals surface area contributed by atoms with E-state index in [-0.39, 0.29) is 11.6 Å². The molecular weight excluding hydrogens is 245 g/mol. The fourth-order valence-corrected chi connectivity index (χ4v) is 2.19. The molecule has 0 saturated carbocycles. The number of benzene rings is 1. The summed E-state index contributed by atoms with van der Waals surface area (Å²) in [6, 6.07) is 5.64. The molecule has 0 spiro atoms. The Hall–Kier alpha value is -0.280. The zero-order valence-corrected chi connectivity index (χ0v) is 10.9. The van der Waals surface area contributed by atoms with E-state index < -0.39 is 0 Å². The van der Waals surface area contributed by atoms with Gasteiger partial charge in [0.25, 0.3) is 0 Å². The molecule has 0 radical (unpaired) electrons. The van der Waals surface area contributed by atoms with Gasteiger partial charge in [0.2, 0.25) is 0 Å². The molecule has 0 bridgehead atoms. The minimum absolute atomic E-state index is 0.0146. The standard InChI is InChI=1S/C12H15Cl2NO/c1-12(2)7-16-10(6-15-12)8-4-3-5-9(13)11(8)14/h3-5,10,15H,6-7H2,1-2H3. The van der Waals surface area contributed by atoms with Gasteiger partial charge in [-0.2, -0.15) is 0 Å². The van der Waals surface area contributed by atoms with Crippen LogP contribution in [0.2, 0.25) is 10.0 Å². The van der Waals surface area contributed by atoms with E-state index in [0.717, 1.165) is 12.1 Å². The predicted octanol–water partition coefficient (Wildman–Crippen LogP) is 3.43. The second kappa shape index (κ2) is 4.53. The van der Waals surface area contributed by atoms with Gasteiger partial charge in [0.05, 0.1) is 22.8 Å². The van der Waals surface area contributed by atoms with Crippen LogP contribution >= 0.6 is 23.2 Å². The average molecular weight is 260 g/mol. The van der Waals surface area contributed by atoms with Crippen molar-refractivity contribution < 1.29 is 4.74 Å². The molecule has 16 heavy (non-hydrogen) atoms. The second-order valence-electron chi connectivity index (χ2n) is 4.71. The van der Waals surface area contributed by atoms with Crippen molar-refractivity contribution in [2.45, 2.75) is 25.5 Å². The Morgan fingerprint density at radius 1 is 1.38 bits per heavy atom. The molecule has 1 aliphatic heterocycles. The van der Waals surface area contributed by atoms with Crippen LogP contribution in [0.5, 0.6) is 0 Å². The van der Waals surface area contributed by atoms with Crippen LogP contribution in [-0.4, -0.2) is 18.7 Å². The van der Waals surface area contributed by atoms with E-state index in [4.69, 9.17) is 27.9 Å². The monoisotopic (exact) mass is 259 g/mol. The third-order valence-corrected chi connectivity index (χ3v) is 3.57. The Labute approximate surface area is 106 Å². The highest BCUT2D eigenvalue weighted by atomic mass is 35.5. The van der Waals surface area contributed by atoms with Crippen molar-refractivity contribution in [2.24, 2.45) is 0 Å². The van der Waals surface area contributed by atoms with Crippen LogP contribution in [0.3, 0.4) is 0 Å². The van der Waals surface area contributed by atoms with Crippen LogP contribution < -0.4 is 5.32 Å². The molecule has 1 unspecified atom stereocenters. The molecule has 1 heterocycles. The summed E-state index contributed by atoms with van der Waals surface area (Å²) < 4.78 is 5.81. The molecule has 1 atom stereocenters. The number of hydrogen-bond acceptors (Lipinski definition) is 2. The lowest BCUT2D eigenvalue weighted by Gasteiger charge is -2.36. The molecule has 1 fully saturated rings. The number of morpholine rings is 1. The van der Waals surface area contributed by atoms with Gasteiger partial charge in [-0.1, -0.05) is 35.3 Å². The number of rotatable bonds is 1. The van der Waals surface area contributed by atoms with Crippen molar-refractivity contribution in [1.29, 1.82) is 0 Å². The first kappa shape index (κ1) is 12.2. The molecule has 0 aromatic heterocycles. The van der Waals surface area contributed by atoms with E-state index in [0.29, 0.717) is 16.7 Å². The Kier molecular flexibility index (Phi) is 3.45. The number of hydrogen-bond donors (Lipinski definition) is 1. The lowest BCUT2D eigenvalue weighted by Crippen LogP contribution is -2.50. The summed E-state index contributed by atoms with van der Waals surface area (Å²) in [7, 11) is 0. The molecule has 2 rings (SSSR count). The van der Waals surface area contributed by atoms with Crippen LogP contribution in [0, 0.1) is 0 Å². The van der Waals surface area contributed by atoms with Gasteiger partial charge < -0.3 is 10.1 Å². The van der Waals surface area contributed by atoms with Gasteiger partial charge in [0.1, 0.15) is 0 Å². The zero-order valence-electron chi connectivity index (χ0n) is 9.39. The topological polar surface area (TPSA) is 21.3 Å². The van der Waals surface area contributed by atoms with Crippen molar-refractivity contribution in [3.63, 3.8) is 0 Å². The molecule has 1 N–H and O–H groups in total. The SMILES string of the molecule is CC1(C)COC(c2cccc(Cl)c2Cl)CN1. The van der Waals surface area contributed by atoms with Gasteiger partial charge in [0, 0.05) is 17.6 Å². The zero-order chi connectivity index (χ0) is 11.8. The molecule has 1 aromatic carbocycles. The molecule has 0 aliphatic carbocycles. The minimum Gasteiger partial charge on any atom is -0.370 e. The average Bonchev–Trinajstić information content (AvgIpc) is 2.23. The summed E-state index contributed by atoms with van der Waals surface area (Å²) >= 11 is 12.1. The second-order valence-corrected chi connectivity index (χ2v) is 5.49. The number of nitrogens with one attached hydrogen (secondary N) is 1. The fraction of sp³-hybridized carbons (Fsp3) is 0.500. The van der Waals surface area contributed by atoms with Crippen molar-refractivity contribution in [1.82, 2.24) is 5.32 Å². The van der Waals surface area contributed by atoms with Gasteiger partial charge in [-0.3, -0.25) is 0 Å². The Bertz CT molecular complexity index is 383. The summed E-state index contributed by atoms with van der Waals surface area (Å²) in [5.41, 5.74) is 0.985. The van der Waals surface area contributed by atoms with Gasteiger partial charge in [0.15, 0.2) is 0 Å². The van der Waals surface area contributed by atoms with E-state index >= 15 is 0 Å². The minimum atomic E-state index is -0.0146. The lowest BCUT2D eigenvalue weighted by molar-refractivity contribution is -0.0228. The number of ether oxygens (including phenoxy) is 1.